The van der Waals surface area contributed by atoms with Crippen LogP contribution in [0, 0.1) is 6.92 Å². The van der Waals surface area contributed by atoms with Gasteiger partial charge in [-0.2, -0.15) is 0 Å². The Labute approximate surface area is 178 Å². The van der Waals surface area contributed by atoms with Crippen LogP contribution >= 0.6 is 11.3 Å². The normalized spacial score (nSPS) is 14.9. The molecule has 0 saturated heterocycles. The molecule has 2 heterocycles. The smallest absolute Gasteiger partial charge is 0.352 e. The van der Waals surface area contributed by atoms with Crippen LogP contribution in [0.4, 0.5) is 0 Å². The van der Waals surface area contributed by atoms with Crippen molar-refractivity contribution < 1.29 is 23.8 Å². The lowest BCUT2D eigenvalue weighted by atomic mass is 10.1. The molecule has 0 N–H and O–H groups in total. The van der Waals surface area contributed by atoms with Crippen molar-refractivity contribution in [2.75, 3.05) is 6.61 Å². The first kappa shape index (κ1) is 19.9. The third-order valence-corrected chi connectivity index (χ3v) is 5.63. The van der Waals surface area contributed by atoms with E-state index in [1.54, 1.807) is 54.7 Å². The van der Waals surface area contributed by atoms with Gasteiger partial charge in [0, 0.05) is 22.6 Å². The number of ketones is 1. The largest absolute Gasteiger partial charge is 0.474 e. The van der Waals surface area contributed by atoms with Crippen LogP contribution in [-0.4, -0.2) is 18.4 Å². The van der Waals surface area contributed by atoms with Gasteiger partial charge in [-0.3, -0.25) is 4.79 Å². The van der Waals surface area contributed by atoms with Crippen molar-refractivity contribution in [1.82, 2.24) is 0 Å². The number of carbonyl (C=O) groups is 2. The number of aryl methyl sites for hydroxylation is 1. The van der Waals surface area contributed by atoms with Gasteiger partial charge in [0.1, 0.15) is 11.5 Å². The Morgan fingerprint density at radius 2 is 1.97 bits per heavy atom. The van der Waals surface area contributed by atoms with E-state index in [-0.39, 0.29) is 18.1 Å². The van der Waals surface area contributed by atoms with E-state index in [9.17, 15) is 9.59 Å². The minimum absolute atomic E-state index is 0.172. The van der Waals surface area contributed by atoms with Crippen LogP contribution in [0.25, 0.3) is 6.08 Å². The zero-order valence-electron chi connectivity index (χ0n) is 16.6. The maximum atomic E-state index is 12.7. The fourth-order valence-corrected chi connectivity index (χ4v) is 3.97. The Balaban J connectivity index is 1.60. The molecule has 2 aromatic carbocycles. The van der Waals surface area contributed by atoms with Crippen molar-refractivity contribution in [3.63, 3.8) is 0 Å². The number of ether oxygens (including phenoxy) is 3. The molecule has 0 aliphatic carbocycles. The van der Waals surface area contributed by atoms with Crippen LogP contribution in [0.2, 0.25) is 0 Å². The van der Waals surface area contributed by atoms with E-state index in [0.717, 1.165) is 10.4 Å². The third-order valence-electron chi connectivity index (χ3n) is 4.66. The lowest BCUT2D eigenvalue weighted by Crippen LogP contribution is -2.21. The van der Waals surface area contributed by atoms with Crippen molar-refractivity contribution in [2.24, 2.45) is 0 Å². The molecule has 1 aromatic heterocycles. The van der Waals surface area contributed by atoms with E-state index in [4.69, 9.17) is 14.2 Å². The van der Waals surface area contributed by atoms with E-state index < -0.39 is 12.1 Å². The van der Waals surface area contributed by atoms with Gasteiger partial charge in [-0.05, 0) is 43.0 Å². The Morgan fingerprint density at radius 3 is 2.67 bits per heavy atom. The number of esters is 1. The van der Waals surface area contributed by atoms with Gasteiger partial charge in [-0.25, -0.2) is 4.79 Å². The molecule has 0 saturated carbocycles. The summed E-state index contributed by atoms with van der Waals surface area (Å²) in [6.07, 6.45) is 0.846. The summed E-state index contributed by atoms with van der Waals surface area (Å²) >= 11 is 1.55. The molecular weight excluding hydrogens is 400 g/mol. The Bertz CT molecular complexity index is 1110. The molecule has 0 spiro atoms. The van der Waals surface area contributed by atoms with E-state index >= 15 is 0 Å². The molecule has 0 amide bonds. The zero-order valence-corrected chi connectivity index (χ0v) is 17.4. The van der Waals surface area contributed by atoms with E-state index in [1.165, 1.54) is 0 Å². The Hall–Kier alpha value is -3.38. The molecular formula is C24H20O5S. The van der Waals surface area contributed by atoms with Gasteiger partial charge in [-0.1, -0.05) is 30.3 Å². The summed E-state index contributed by atoms with van der Waals surface area (Å²) in [5, 5.41) is 1.97. The number of thiophene rings is 1. The number of rotatable bonds is 6. The maximum absolute atomic E-state index is 12.7. The second-order valence-corrected chi connectivity index (χ2v) is 7.67. The van der Waals surface area contributed by atoms with Gasteiger partial charge in [0.05, 0.1) is 12.2 Å². The fourth-order valence-electron chi connectivity index (χ4n) is 3.13. The average Bonchev–Trinajstić information content (AvgIpc) is 3.30. The molecule has 0 radical (unpaired) electrons. The molecule has 0 unspecified atom stereocenters. The lowest BCUT2D eigenvalue weighted by molar-refractivity contribution is -0.151. The number of Topliss-reactive ketones (excluding diaryl/α,β-unsaturated/α-hetero) is 1. The molecule has 152 valence electrons. The first-order chi connectivity index (χ1) is 14.6. The highest BCUT2D eigenvalue weighted by atomic mass is 32.1. The number of allylic oxidation sites excluding steroid dienone is 1. The standard InChI is InChI=1S/C24H20O5S/c1-3-27-24(26)23(16-7-5-4-6-8-16)28-17-9-10-18-19(13-17)29-20(22(18)25)14-21-15(2)11-12-30-21/h4-14,23H,3H2,1-2H3/b20-14-/t23-/m0/s1. The second kappa shape index (κ2) is 8.55. The van der Waals surface area contributed by atoms with Crippen molar-refractivity contribution in [2.45, 2.75) is 20.0 Å². The summed E-state index contributed by atoms with van der Waals surface area (Å²) in [4.78, 5) is 26.1. The average molecular weight is 420 g/mol. The van der Waals surface area contributed by atoms with Crippen LogP contribution in [0.5, 0.6) is 11.5 Å². The molecule has 5 nitrogen and oxygen atoms in total. The Kier molecular flexibility index (Phi) is 5.68. The Morgan fingerprint density at radius 1 is 1.17 bits per heavy atom. The van der Waals surface area contributed by atoms with Gasteiger partial charge in [-0.15, -0.1) is 11.3 Å². The molecule has 3 aromatic rings. The van der Waals surface area contributed by atoms with Gasteiger partial charge in [0.25, 0.3) is 0 Å². The van der Waals surface area contributed by atoms with Crippen LogP contribution in [0.15, 0.2) is 65.7 Å². The number of carbonyl (C=O) groups excluding carboxylic acids is 2. The highest BCUT2D eigenvalue weighted by molar-refractivity contribution is 7.11. The maximum Gasteiger partial charge on any atom is 0.352 e. The predicted octanol–water partition coefficient (Wildman–Crippen LogP) is 5.36. The molecule has 6 heteroatoms. The highest BCUT2D eigenvalue weighted by Gasteiger charge is 2.29. The first-order valence-corrected chi connectivity index (χ1v) is 10.5. The molecule has 1 aliphatic heterocycles. The van der Waals surface area contributed by atoms with Gasteiger partial charge in [0.2, 0.25) is 11.9 Å². The van der Waals surface area contributed by atoms with Crippen LogP contribution in [0.1, 0.15) is 39.4 Å². The van der Waals surface area contributed by atoms with Crippen molar-refractivity contribution in [3.05, 3.63) is 87.3 Å². The topological polar surface area (TPSA) is 61.8 Å². The summed E-state index contributed by atoms with van der Waals surface area (Å²) in [6, 6.07) is 16.1. The number of hydrogen-bond donors (Lipinski definition) is 0. The summed E-state index contributed by atoms with van der Waals surface area (Å²) in [7, 11) is 0. The van der Waals surface area contributed by atoms with E-state index in [1.807, 2.05) is 36.6 Å². The summed E-state index contributed by atoms with van der Waals surface area (Å²) in [5.41, 5.74) is 2.24. The fraction of sp³-hybridized carbons (Fsp3) is 0.167. The van der Waals surface area contributed by atoms with Gasteiger partial charge >= 0.3 is 5.97 Å². The molecule has 30 heavy (non-hydrogen) atoms. The molecule has 0 bridgehead atoms. The zero-order chi connectivity index (χ0) is 21.1. The summed E-state index contributed by atoms with van der Waals surface area (Å²) in [6.45, 7) is 3.99. The van der Waals surface area contributed by atoms with Crippen LogP contribution < -0.4 is 9.47 Å². The number of hydrogen-bond acceptors (Lipinski definition) is 6. The van der Waals surface area contributed by atoms with E-state index in [2.05, 4.69) is 0 Å². The predicted molar refractivity (Wildman–Crippen MR) is 115 cm³/mol. The summed E-state index contributed by atoms with van der Waals surface area (Å²) < 4.78 is 16.9. The van der Waals surface area contributed by atoms with Crippen molar-refractivity contribution >= 4 is 29.2 Å². The molecule has 0 fully saturated rings. The highest BCUT2D eigenvalue weighted by Crippen LogP contribution is 2.37. The number of fused-ring (bicyclic) bond motifs is 1. The number of benzene rings is 2. The van der Waals surface area contributed by atoms with Crippen LogP contribution in [0.3, 0.4) is 0 Å². The van der Waals surface area contributed by atoms with Crippen molar-refractivity contribution in [3.8, 4) is 11.5 Å². The molecule has 1 aliphatic rings. The minimum Gasteiger partial charge on any atom is -0.474 e. The molecule has 4 rings (SSSR count). The van der Waals surface area contributed by atoms with Gasteiger partial charge in [0.15, 0.2) is 5.76 Å². The SMILES string of the molecule is CCOC(=O)[C@@H](Oc1ccc2c(c1)O/C(=C\c1sccc1C)C2=O)c1ccccc1. The first-order valence-electron chi connectivity index (χ1n) is 9.57. The monoisotopic (exact) mass is 420 g/mol. The minimum atomic E-state index is -0.912. The van der Waals surface area contributed by atoms with E-state index in [0.29, 0.717) is 22.6 Å². The molecule has 1 atom stereocenters. The lowest BCUT2D eigenvalue weighted by Gasteiger charge is -2.18. The quantitative estimate of drug-likeness (QED) is 0.397. The van der Waals surface area contributed by atoms with Gasteiger partial charge < -0.3 is 14.2 Å². The summed E-state index contributed by atoms with van der Waals surface area (Å²) in [5.74, 6) is 0.452. The van der Waals surface area contributed by atoms with Crippen molar-refractivity contribution in [1.29, 1.82) is 0 Å². The third kappa shape index (κ3) is 4.00. The van der Waals surface area contributed by atoms with Crippen LogP contribution in [-0.2, 0) is 9.53 Å². The second-order valence-electron chi connectivity index (χ2n) is 6.73.